The van der Waals surface area contributed by atoms with E-state index in [9.17, 15) is 13.2 Å². The maximum Gasteiger partial charge on any atom is 0.243 e. The van der Waals surface area contributed by atoms with Gasteiger partial charge in [-0.25, -0.2) is 8.42 Å². The third-order valence-electron chi connectivity index (χ3n) is 4.24. The van der Waals surface area contributed by atoms with E-state index in [-0.39, 0.29) is 10.7 Å². The standard InChI is InChI=1S/C19H17Cl2NO3S/c20-17-5-3-4-15(19(17)21)8-11-18(23)14-6-9-16(10-7-14)26(24,25)22-12-1-2-13-22/h3-11H,1-2,12-13H2/b11-8+. The summed E-state index contributed by atoms with van der Waals surface area (Å²) in [6.07, 6.45) is 4.74. The van der Waals surface area contributed by atoms with Crippen LogP contribution in [0.4, 0.5) is 0 Å². The van der Waals surface area contributed by atoms with Crippen LogP contribution in [0, 0.1) is 0 Å². The summed E-state index contributed by atoms with van der Waals surface area (Å²) in [4.78, 5) is 12.5. The molecule has 1 heterocycles. The summed E-state index contributed by atoms with van der Waals surface area (Å²) in [5.41, 5.74) is 1.04. The van der Waals surface area contributed by atoms with Crippen LogP contribution in [-0.2, 0) is 10.0 Å². The minimum atomic E-state index is -3.47. The molecule has 0 unspecified atom stereocenters. The predicted molar refractivity (Wildman–Crippen MR) is 104 cm³/mol. The Morgan fingerprint density at radius 1 is 1.00 bits per heavy atom. The number of hydrogen-bond donors (Lipinski definition) is 0. The van der Waals surface area contributed by atoms with Crippen molar-refractivity contribution in [2.45, 2.75) is 17.7 Å². The molecule has 0 saturated carbocycles. The van der Waals surface area contributed by atoms with E-state index in [1.54, 1.807) is 24.3 Å². The van der Waals surface area contributed by atoms with Gasteiger partial charge in [0.05, 0.1) is 14.9 Å². The molecule has 1 fully saturated rings. The SMILES string of the molecule is O=C(/C=C/c1cccc(Cl)c1Cl)c1ccc(S(=O)(=O)N2CCCC2)cc1. The summed E-state index contributed by atoms with van der Waals surface area (Å²) in [5.74, 6) is -0.244. The quantitative estimate of drug-likeness (QED) is 0.532. The number of carbonyl (C=O) groups excluding carboxylic acids is 1. The van der Waals surface area contributed by atoms with E-state index in [0.717, 1.165) is 12.8 Å². The van der Waals surface area contributed by atoms with Gasteiger partial charge in [-0.05, 0) is 60.9 Å². The number of benzene rings is 2. The smallest absolute Gasteiger partial charge is 0.243 e. The first kappa shape index (κ1) is 19.1. The van der Waals surface area contributed by atoms with Crippen molar-refractivity contribution >= 4 is 45.1 Å². The third-order valence-corrected chi connectivity index (χ3v) is 6.98. The fourth-order valence-corrected chi connectivity index (χ4v) is 4.67. The molecule has 3 rings (SSSR count). The van der Waals surface area contributed by atoms with Crippen molar-refractivity contribution in [3.05, 3.63) is 69.7 Å². The molecule has 1 aliphatic rings. The number of hydrogen-bond acceptors (Lipinski definition) is 3. The lowest BCUT2D eigenvalue weighted by Crippen LogP contribution is -2.27. The highest BCUT2D eigenvalue weighted by atomic mass is 35.5. The molecule has 1 saturated heterocycles. The predicted octanol–water partition coefficient (Wildman–Crippen LogP) is 4.67. The molecule has 0 amide bonds. The summed E-state index contributed by atoms with van der Waals surface area (Å²) in [7, 11) is -3.47. The molecule has 0 atom stereocenters. The summed E-state index contributed by atoms with van der Waals surface area (Å²) in [6.45, 7) is 1.10. The lowest BCUT2D eigenvalue weighted by molar-refractivity contribution is 0.104. The van der Waals surface area contributed by atoms with Crippen molar-refractivity contribution in [2.75, 3.05) is 13.1 Å². The lowest BCUT2D eigenvalue weighted by Gasteiger charge is -2.15. The van der Waals surface area contributed by atoms with Gasteiger partial charge in [0, 0.05) is 18.7 Å². The highest BCUT2D eigenvalue weighted by Gasteiger charge is 2.27. The molecule has 7 heteroatoms. The molecule has 26 heavy (non-hydrogen) atoms. The average Bonchev–Trinajstić information content (AvgIpc) is 3.18. The van der Waals surface area contributed by atoms with Gasteiger partial charge in [-0.2, -0.15) is 4.31 Å². The minimum absolute atomic E-state index is 0.206. The van der Waals surface area contributed by atoms with Gasteiger partial charge in [-0.3, -0.25) is 4.79 Å². The Morgan fingerprint density at radius 2 is 1.65 bits per heavy atom. The van der Waals surface area contributed by atoms with E-state index in [1.807, 2.05) is 0 Å². The highest BCUT2D eigenvalue weighted by Crippen LogP contribution is 2.26. The number of nitrogens with zero attached hydrogens (tertiary/aromatic N) is 1. The van der Waals surface area contributed by atoms with Gasteiger partial charge in [-0.15, -0.1) is 0 Å². The summed E-state index contributed by atoms with van der Waals surface area (Å²) >= 11 is 12.0. The molecule has 4 nitrogen and oxygen atoms in total. The van der Waals surface area contributed by atoms with Gasteiger partial charge in [-0.1, -0.05) is 35.3 Å². The Hall–Kier alpha value is -1.66. The summed E-state index contributed by atoms with van der Waals surface area (Å²) in [6, 6.07) is 11.2. The maximum atomic E-state index is 12.5. The molecule has 2 aromatic carbocycles. The van der Waals surface area contributed by atoms with Crippen LogP contribution in [0.3, 0.4) is 0 Å². The van der Waals surface area contributed by atoms with Gasteiger partial charge >= 0.3 is 0 Å². The van der Waals surface area contributed by atoms with Crippen LogP contribution in [-0.4, -0.2) is 31.6 Å². The Bertz CT molecular complexity index is 947. The molecule has 0 spiro atoms. The minimum Gasteiger partial charge on any atom is -0.289 e. The maximum absolute atomic E-state index is 12.5. The molecule has 136 valence electrons. The molecule has 1 aliphatic heterocycles. The fourth-order valence-electron chi connectivity index (χ4n) is 2.78. The van der Waals surface area contributed by atoms with E-state index in [2.05, 4.69) is 0 Å². The monoisotopic (exact) mass is 409 g/mol. The van der Waals surface area contributed by atoms with Crippen LogP contribution >= 0.6 is 23.2 Å². The molecule has 0 bridgehead atoms. The molecule has 0 aliphatic carbocycles. The summed E-state index contributed by atoms with van der Waals surface area (Å²) < 4.78 is 26.5. The zero-order valence-corrected chi connectivity index (χ0v) is 16.2. The number of rotatable bonds is 5. The Labute approximate surface area is 163 Å². The third kappa shape index (κ3) is 4.01. The highest BCUT2D eigenvalue weighted by molar-refractivity contribution is 7.89. The van der Waals surface area contributed by atoms with Crippen molar-refractivity contribution in [3.63, 3.8) is 0 Å². The Balaban J connectivity index is 1.77. The van der Waals surface area contributed by atoms with Gasteiger partial charge in [0.25, 0.3) is 0 Å². The van der Waals surface area contributed by atoms with E-state index in [0.29, 0.717) is 34.3 Å². The number of sulfonamides is 1. The van der Waals surface area contributed by atoms with E-state index >= 15 is 0 Å². The lowest BCUT2D eigenvalue weighted by atomic mass is 10.1. The van der Waals surface area contributed by atoms with Gasteiger partial charge in [0.2, 0.25) is 10.0 Å². The topological polar surface area (TPSA) is 54.5 Å². The van der Waals surface area contributed by atoms with Crippen LogP contribution < -0.4 is 0 Å². The van der Waals surface area contributed by atoms with Crippen LogP contribution in [0.5, 0.6) is 0 Å². The number of allylic oxidation sites excluding steroid dienone is 1. The second-order valence-electron chi connectivity index (χ2n) is 5.98. The number of carbonyl (C=O) groups is 1. The van der Waals surface area contributed by atoms with E-state index in [1.165, 1.54) is 34.6 Å². The molecule has 0 aromatic heterocycles. The van der Waals surface area contributed by atoms with Crippen molar-refractivity contribution in [2.24, 2.45) is 0 Å². The normalized spacial score (nSPS) is 15.6. The Morgan fingerprint density at radius 3 is 2.31 bits per heavy atom. The number of halogens is 2. The van der Waals surface area contributed by atoms with Crippen molar-refractivity contribution in [3.8, 4) is 0 Å². The van der Waals surface area contributed by atoms with Gasteiger partial charge in [0.15, 0.2) is 5.78 Å². The van der Waals surface area contributed by atoms with E-state index in [4.69, 9.17) is 23.2 Å². The van der Waals surface area contributed by atoms with Gasteiger partial charge in [0.1, 0.15) is 0 Å². The Kier molecular flexibility index (Phi) is 5.82. The zero-order valence-electron chi connectivity index (χ0n) is 13.9. The largest absolute Gasteiger partial charge is 0.289 e. The van der Waals surface area contributed by atoms with Crippen LogP contribution in [0.2, 0.25) is 10.0 Å². The van der Waals surface area contributed by atoms with Gasteiger partial charge < -0.3 is 0 Å². The van der Waals surface area contributed by atoms with Crippen molar-refractivity contribution in [1.82, 2.24) is 4.31 Å². The molecular formula is C19H17Cl2NO3S. The summed E-state index contributed by atoms with van der Waals surface area (Å²) in [5, 5.41) is 0.794. The van der Waals surface area contributed by atoms with Crippen LogP contribution in [0.25, 0.3) is 6.08 Å². The van der Waals surface area contributed by atoms with Crippen LogP contribution in [0.1, 0.15) is 28.8 Å². The van der Waals surface area contributed by atoms with Crippen molar-refractivity contribution < 1.29 is 13.2 Å². The average molecular weight is 410 g/mol. The van der Waals surface area contributed by atoms with Crippen LogP contribution in [0.15, 0.2) is 53.4 Å². The second kappa shape index (κ2) is 7.92. The number of ketones is 1. The second-order valence-corrected chi connectivity index (χ2v) is 8.70. The molecular weight excluding hydrogens is 393 g/mol. The molecule has 0 radical (unpaired) electrons. The first-order valence-electron chi connectivity index (χ1n) is 8.16. The molecule has 0 N–H and O–H groups in total. The fraction of sp³-hybridized carbons (Fsp3) is 0.211. The zero-order chi connectivity index (χ0) is 18.7. The molecule has 2 aromatic rings. The first-order valence-corrected chi connectivity index (χ1v) is 10.4. The van der Waals surface area contributed by atoms with Crippen molar-refractivity contribution in [1.29, 1.82) is 0 Å². The first-order chi connectivity index (χ1) is 12.4. The van der Waals surface area contributed by atoms with E-state index < -0.39 is 10.0 Å².